The fourth-order valence-electron chi connectivity index (χ4n) is 5.03. The summed E-state index contributed by atoms with van der Waals surface area (Å²) in [6.07, 6.45) is 4.16. The number of carbonyl (C=O) groups is 1. The Kier molecular flexibility index (Phi) is 5.83. The van der Waals surface area contributed by atoms with Crippen molar-refractivity contribution in [2.45, 2.75) is 33.2 Å². The Morgan fingerprint density at radius 3 is 2.69 bits per heavy atom. The highest BCUT2D eigenvalue weighted by atomic mass is 32.1. The third-order valence-corrected chi connectivity index (χ3v) is 7.54. The molecule has 2 aliphatic rings. The number of carbonyl (C=O) groups excluding carboxylic acids is 1. The van der Waals surface area contributed by atoms with Gasteiger partial charge in [-0.1, -0.05) is 12.1 Å². The molecule has 0 bridgehead atoms. The van der Waals surface area contributed by atoms with Gasteiger partial charge in [0.25, 0.3) is 5.91 Å². The number of allylic oxidation sites excluding steroid dienone is 1. The van der Waals surface area contributed by atoms with Gasteiger partial charge in [0.15, 0.2) is 11.5 Å². The number of benzene rings is 2. The van der Waals surface area contributed by atoms with Crippen LogP contribution in [0.15, 0.2) is 41.8 Å². The number of ether oxygens (including phenoxy) is 2. The summed E-state index contributed by atoms with van der Waals surface area (Å²) in [6.45, 7) is 8.95. The highest BCUT2D eigenvalue weighted by Crippen LogP contribution is 2.54. The molecule has 0 unspecified atom stereocenters. The molecule has 0 fully saturated rings. The normalized spacial score (nSPS) is 16.2. The van der Waals surface area contributed by atoms with Gasteiger partial charge in [0, 0.05) is 40.8 Å². The Bertz CT molecular complexity index is 1450. The van der Waals surface area contributed by atoms with Crippen molar-refractivity contribution in [3.63, 3.8) is 0 Å². The molecule has 3 aromatic rings. The standard InChI is InChI=1S/C29H30N2O4S/c1-7-31(5)28(33)17-12-13-36-23(17)14-22-25-18(26-21(35-22)11-10-20(32)27(26)34-6)8-9-19-24(25)16(2)15-29(3,4)30-19/h8-15,30,32H,7H2,1-6H3. The Morgan fingerprint density at radius 1 is 1.19 bits per heavy atom. The maximum Gasteiger partial charge on any atom is 0.255 e. The van der Waals surface area contributed by atoms with E-state index in [9.17, 15) is 9.90 Å². The third kappa shape index (κ3) is 3.84. The number of aromatic hydroxyl groups is 1. The summed E-state index contributed by atoms with van der Waals surface area (Å²) in [4.78, 5) is 15.5. The van der Waals surface area contributed by atoms with Gasteiger partial charge in [0.2, 0.25) is 0 Å². The van der Waals surface area contributed by atoms with Gasteiger partial charge in [-0.2, -0.15) is 0 Å². The van der Waals surface area contributed by atoms with Crippen LogP contribution >= 0.6 is 11.3 Å². The van der Waals surface area contributed by atoms with E-state index in [0.29, 0.717) is 34.9 Å². The molecule has 6 nitrogen and oxygen atoms in total. The lowest BCUT2D eigenvalue weighted by atomic mass is 9.83. The molecule has 3 heterocycles. The Hall–Kier alpha value is -3.71. The van der Waals surface area contributed by atoms with Gasteiger partial charge >= 0.3 is 0 Å². The van der Waals surface area contributed by atoms with E-state index in [1.807, 2.05) is 30.5 Å². The highest BCUT2D eigenvalue weighted by molar-refractivity contribution is 7.11. The van der Waals surface area contributed by atoms with Crippen LogP contribution in [0.1, 0.15) is 54.1 Å². The molecular weight excluding hydrogens is 472 g/mol. The maximum atomic E-state index is 13.0. The zero-order valence-electron chi connectivity index (χ0n) is 21.4. The number of thiophene rings is 1. The van der Waals surface area contributed by atoms with Crippen LogP contribution in [-0.4, -0.2) is 42.2 Å². The van der Waals surface area contributed by atoms with E-state index in [2.05, 4.69) is 38.2 Å². The molecule has 0 saturated heterocycles. The molecular formula is C29H30N2O4S. The van der Waals surface area contributed by atoms with E-state index >= 15 is 0 Å². The van der Waals surface area contributed by atoms with Gasteiger partial charge < -0.3 is 24.8 Å². The van der Waals surface area contributed by atoms with E-state index < -0.39 is 0 Å². The fraction of sp³-hybridized carbons (Fsp3) is 0.276. The molecule has 5 rings (SSSR count). The van der Waals surface area contributed by atoms with Crippen molar-refractivity contribution in [2.75, 3.05) is 26.0 Å². The predicted octanol–water partition coefficient (Wildman–Crippen LogP) is 6.72. The first kappa shape index (κ1) is 24.0. The Labute approximate surface area is 215 Å². The average molecular weight is 503 g/mol. The smallest absolute Gasteiger partial charge is 0.255 e. The number of hydrogen-bond acceptors (Lipinski definition) is 6. The van der Waals surface area contributed by atoms with Crippen molar-refractivity contribution in [2.24, 2.45) is 0 Å². The van der Waals surface area contributed by atoms with Crippen LogP contribution in [0.2, 0.25) is 0 Å². The summed E-state index contributed by atoms with van der Waals surface area (Å²) >= 11 is 1.50. The topological polar surface area (TPSA) is 71.0 Å². The molecule has 2 N–H and O–H groups in total. The van der Waals surface area contributed by atoms with Gasteiger partial charge in [-0.3, -0.25) is 4.79 Å². The van der Waals surface area contributed by atoms with Crippen molar-refractivity contribution in [3.8, 4) is 28.4 Å². The molecule has 36 heavy (non-hydrogen) atoms. The van der Waals surface area contributed by atoms with E-state index in [-0.39, 0.29) is 17.2 Å². The second kappa shape index (κ2) is 8.75. The second-order valence-electron chi connectivity index (χ2n) is 9.70. The Balaban J connectivity index is 1.79. The zero-order chi connectivity index (χ0) is 25.8. The molecule has 1 amide bonds. The molecule has 0 aliphatic carbocycles. The zero-order valence-corrected chi connectivity index (χ0v) is 22.2. The molecule has 1 aromatic heterocycles. The maximum absolute atomic E-state index is 13.0. The van der Waals surface area contributed by atoms with Crippen LogP contribution in [-0.2, 0) is 0 Å². The summed E-state index contributed by atoms with van der Waals surface area (Å²) in [5.74, 6) is 1.63. The van der Waals surface area contributed by atoms with E-state index in [1.165, 1.54) is 11.3 Å². The minimum Gasteiger partial charge on any atom is -0.504 e. The number of methoxy groups -OCH3 is 1. The van der Waals surface area contributed by atoms with Gasteiger partial charge in [0.1, 0.15) is 11.5 Å². The quantitative estimate of drug-likeness (QED) is 0.414. The predicted molar refractivity (Wildman–Crippen MR) is 147 cm³/mol. The minimum atomic E-state index is -0.198. The van der Waals surface area contributed by atoms with Crippen molar-refractivity contribution >= 4 is 40.3 Å². The molecule has 7 heteroatoms. The van der Waals surface area contributed by atoms with E-state index in [4.69, 9.17) is 9.47 Å². The van der Waals surface area contributed by atoms with E-state index in [1.54, 1.807) is 31.2 Å². The number of anilines is 1. The number of amides is 1. The highest BCUT2D eigenvalue weighted by Gasteiger charge is 2.33. The number of hydrogen-bond donors (Lipinski definition) is 2. The number of nitrogens with zero attached hydrogens (tertiary/aromatic N) is 1. The van der Waals surface area contributed by atoms with Gasteiger partial charge in [-0.15, -0.1) is 11.3 Å². The van der Waals surface area contributed by atoms with Crippen LogP contribution in [0.4, 0.5) is 5.69 Å². The van der Waals surface area contributed by atoms with Crippen LogP contribution in [0, 0.1) is 0 Å². The number of phenols is 1. The van der Waals surface area contributed by atoms with Crippen molar-refractivity contribution in [3.05, 3.63) is 63.4 Å². The summed E-state index contributed by atoms with van der Waals surface area (Å²) in [7, 11) is 3.35. The third-order valence-electron chi connectivity index (χ3n) is 6.68. The van der Waals surface area contributed by atoms with Gasteiger partial charge in [-0.25, -0.2) is 0 Å². The molecule has 0 radical (unpaired) electrons. The summed E-state index contributed by atoms with van der Waals surface area (Å²) in [6, 6.07) is 9.29. The molecule has 2 aliphatic heterocycles. The van der Waals surface area contributed by atoms with Crippen LogP contribution in [0.5, 0.6) is 17.2 Å². The van der Waals surface area contributed by atoms with Gasteiger partial charge in [-0.05, 0) is 69.0 Å². The number of rotatable bonds is 4. The fourth-order valence-corrected chi connectivity index (χ4v) is 5.83. The van der Waals surface area contributed by atoms with Gasteiger partial charge in [0.05, 0.1) is 23.8 Å². The SMILES string of the molecule is CCN(C)C(=O)c1ccsc1C=C1Oc2ccc(O)c(OC)c2-c2ccc3c(c21)C(C)=CC(C)(C)N3. The molecule has 0 saturated carbocycles. The summed E-state index contributed by atoms with van der Waals surface area (Å²) in [5, 5.41) is 16.1. The van der Waals surface area contributed by atoms with Crippen LogP contribution < -0.4 is 14.8 Å². The first-order valence-corrected chi connectivity index (χ1v) is 12.8. The second-order valence-corrected chi connectivity index (χ2v) is 10.7. The summed E-state index contributed by atoms with van der Waals surface area (Å²) < 4.78 is 12.1. The first-order valence-electron chi connectivity index (χ1n) is 11.9. The summed E-state index contributed by atoms with van der Waals surface area (Å²) in [5.41, 5.74) is 6.11. The molecule has 186 valence electrons. The number of phenolic OH excluding ortho intramolecular Hbond substituents is 1. The van der Waals surface area contributed by atoms with E-state index in [0.717, 1.165) is 32.8 Å². The average Bonchev–Trinajstić information content (AvgIpc) is 3.30. The molecule has 2 aromatic carbocycles. The van der Waals surface area contributed by atoms with Crippen molar-refractivity contribution in [1.82, 2.24) is 4.90 Å². The lowest BCUT2D eigenvalue weighted by molar-refractivity contribution is 0.0803. The number of nitrogens with one attached hydrogen (secondary N) is 1. The first-order chi connectivity index (χ1) is 17.1. The minimum absolute atomic E-state index is 0.0248. The van der Waals surface area contributed by atoms with Crippen molar-refractivity contribution < 1.29 is 19.4 Å². The lowest BCUT2D eigenvalue weighted by Gasteiger charge is -2.35. The monoisotopic (exact) mass is 502 g/mol. The van der Waals surface area contributed by atoms with Crippen LogP contribution in [0.25, 0.3) is 28.5 Å². The largest absolute Gasteiger partial charge is 0.504 e. The van der Waals surface area contributed by atoms with Crippen LogP contribution in [0.3, 0.4) is 0 Å². The molecule has 0 atom stereocenters. The molecule has 0 spiro atoms. The van der Waals surface area contributed by atoms with Crippen molar-refractivity contribution in [1.29, 1.82) is 0 Å². The Morgan fingerprint density at radius 2 is 1.97 bits per heavy atom. The number of fused-ring (bicyclic) bond motifs is 5. The lowest BCUT2D eigenvalue weighted by Crippen LogP contribution is -2.32.